The number of halogens is 3. The van der Waals surface area contributed by atoms with Crippen LogP contribution in [-0.4, -0.2) is 9.97 Å². The molecule has 2 heterocycles. The van der Waals surface area contributed by atoms with Crippen molar-refractivity contribution in [2.75, 3.05) is 0 Å². The minimum absolute atomic E-state index is 0.290. The molecule has 0 aliphatic heterocycles. The third-order valence-corrected chi connectivity index (χ3v) is 6.94. The molecule has 45 heavy (non-hydrogen) atoms. The van der Waals surface area contributed by atoms with Gasteiger partial charge in [0.15, 0.2) is 0 Å². The second-order valence-electron chi connectivity index (χ2n) is 9.00. The lowest BCUT2D eigenvalue weighted by Crippen LogP contribution is -2.01. The number of fused-ring (bicyclic) bond motifs is 2. The molecule has 13 heteroatoms. The molecule has 10 nitrogen and oxygen atoms in total. The van der Waals surface area contributed by atoms with Crippen LogP contribution in [0.15, 0.2) is 41.5 Å². The summed E-state index contributed by atoms with van der Waals surface area (Å²) >= 11 is 0. The Hall–Kier alpha value is -7.81. The molecule has 0 N–H and O–H groups in total. The van der Waals surface area contributed by atoms with Crippen molar-refractivity contribution >= 4 is 33.4 Å². The van der Waals surface area contributed by atoms with Crippen LogP contribution in [0.2, 0.25) is 0 Å². The largest absolute Gasteiger partial charge is 0.222 e. The summed E-state index contributed by atoms with van der Waals surface area (Å²) in [6.07, 6.45) is 0. The van der Waals surface area contributed by atoms with Crippen LogP contribution in [0.1, 0.15) is 44.8 Å². The molecule has 0 saturated heterocycles. The molecule has 0 unspecified atom stereocenters. The Morgan fingerprint density at radius 2 is 0.978 bits per heavy atom. The first-order valence-electron chi connectivity index (χ1n) is 12.1. The fourth-order valence-corrected chi connectivity index (χ4v) is 5.22. The topological polar surface area (TPSA) is 216 Å². The van der Waals surface area contributed by atoms with E-state index in [1.54, 1.807) is 42.5 Å². The van der Waals surface area contributed by atoms with E-state index in [1.165, 1.54) is 0 Å². The van der Waals surface area contributed by atoms with Gasteiger partial charge in [0.25, 0.3) is 0 Å². The van der Waals surface area contributed by atoms with Crippen LogP contribution >= 0.6 is 0 Å². The van der Waals surface area contributed by atoms with Crippen LogP contribution in [0.4, 0.5) is 13.2 Å². The van der Waals surface area contributed by atoms with Crippen molar-refractivity contribution in [3.63, 3.8) is 0 Å². The molecular formula is C32H5F3N10. The van der Waals surface area contributed by atoms with E-state index in [0.717, 1.165) is 30.3 Å². The second-order valence-corrected chi connectivity index (χ2v) is 9.00. The first-order chi connectivity index (χ1) is 21.7. The van der Waals surface area contributed by atoms with Crippen molar-refractivity contribution in [3.05, 3.63) is 104 Å². The van der Waals surface area contributed by atoms with Gasteiger partial charge in [-0.2, -0.15) is 50.9 Å². The van der Waals surface area contributed by atoms with Gasteiger partial charge in [-0.25, -0.2) is 14.4 Å². The second kappa shape index (κ2) is 10.9. The summed E-state index contributed by atoms with van der Waals surface area (Å²) in [5.74, 6) is -3.84. The van der Waals surface area contributed by atoms with Gasteiger partial charge in [0, 0.05) is 50.1 Å². The lowest BCUT2D eigenvalue weighted by Gasteiger charge is -2.12. The van der Waals surface area contributed by atoms with E-state index in [0.29, 0.717) is 0 Å². The summed E-state index contributed by atoms with van der Waals surface area (Å²) in [4.78, 5) is 7.00. The van der Waals surface area contributed by atoms with Gasteiger partial charge in [0.1, 0.15) is 76.9 Å². The predicted octanol–water partition coefficient (Wildman–Crippen LogP) is 5.13. The molecular weight excluding hydrogens is 581 g/mol. The number of hydrogen-bond donors (Lipinski definition) is 0. The number of nitriles is 8. The normalized spacial score (nSPS) is 12.3. The fraction of sp³-hybridized carbons (Fsp3) is 0. The first kappa shape index (κ1) is 28.7. The van der Waals surface area contributed by atoms with Gasteiger partial charge < -0.3 is 0 Å². The number of nitrogens with zero attached hydrogens (tertiary/aromatic N) is 10. The third-order valence-electron chi connectivity index (χ3n) is 6.94. The van der Waals surface area contributed by atoms with Gasteiger partial charge in [-0.3, -0.25) is 0 Å². The molecule has 0 atom stereocenters. The highest BCUT2D eigenvalue weighted by atomic mass is 19.1. The van der Waals surface area contributed by atoms with Crippen LogP contribution in [-0.2, 0) is 0 Å². The number of aromatic nitrogens is 2. The lowest BCUT2D eigenvalue weighted by atomic mass is 9.89. The zero-order valence-corrected chi connectivity index (χ0v) is 22.0. The number of rotatable bonds is 2. The van der Waals surface area contributed by atoms with E-state index < -0.39 is 79.0 Å². The monoisotopic (exact) mass is 586 g/mol. The molecule has 2 aliphatic rings. The zero-order valence-electron chi connectivity index (χ0n) is 22.0. The zero-order chi connectivity index (χ0) is 32.6. The maximum atomic E-state index is 16.9. The van der Waals surface area contributed by atoms with Crippen LogP contribution in [0, 0.1) is 108 Å². The average molecular weight is 586 g/mol. The molecule has 2 aliphatic carbocycles. The van der Waals surface area contributed by atoms with Crippen LogP contribution in [0.5, 0.6) is 0 Å². The van der Waals surface area contributed by atoms with E-state index in [2.05, 4.69) is 9.97 Å². The average Bonchev–Trinajstić information content (AvgIpc) is 3.55. The molecule has 3 aromatic rings. The van der Waals surface area contributed by atoms with E-state index in [-0.39, 0.29) is 28.1 Å². The van der Waals surface area contributed by atoms with Crippen molar-refractivity contribution in [1.82, 2.24) is 9.97 Å². The van der Waals surface area contributed by atoms with Gasteiger partial charge in [-0.05, 0) is 35.9 Å². The Balaban J connectivity index is 1.98. The maximum absolute atomic E-state index is 16.9. The van der Waals surface area contributed by atoms with Gasteiger partial charge in [-0.15, -0.1) is 0 Å². The Kier molecular flexibility index (Phi) is 6.94. The Labute approximate surface area is 251 Å². The fourth-order valence-electron chi connectivity index (χ4n) is 5.22. The van der Waals surface area contributed by atoms with Gasteiger partial charge in [0.05, 0.1) is 11.1 Å². The molecule has 0 amide bonds. The number of benzene rings is 1. The first-order valence-corrected chi connectivity index (χ1v) is 12.1. The SMILES string of the molecule is N#CC(C#N)=C1C(c2ccc(C#N)nc2F)=C(C#N)c2c1cc1c(c2F)C(=C(C#N)C#N)C(c2ccc(C#N)nc2F)=C1C#N. The summed E-state index contributed by atoms with van der Waals surface area (Å²) in [7, 11) is 0. The molecule has 5 rings (SSSR count). The van der Waals surface area contributed by atoms with Crippen molar-refractivity contribution in [1.29, 1.82) is 42.1 Å². The molecule has 0 fully saturated rings. The number of hydrogen-bond acceptors (Lipinski definition) is 10. The van der Waals surface area contributed by atoms with E-state index in [9.17, 15) is 31.6 Å². The van der Waals surface area contributed by atoms with Crippen LogP contribution in [0.3, 0.4) is 0 Å². The standard InChI is InChI=1S/C32H5F3N10/c33-30-28-21(24(14(6-36)7-37)27(23(28)13-43)19-4-2-17(11-41)45-32(19)35)5-20-22(12-42)26(25(29(20)30)15(8-38)9-39)18-3-1-16(10-40)44-31(18)34/h1-5H. The van der Waals surface area contributed by atoms with Gasteiger partial charge >= 0.3 is 0 Å². The maximum Gasteiger partial charge on any atom is 0.222 e. The third kappa shape index (κ3) is 4.05. The van der Waals surface area contributed by atoms with E-state index in [1.807, 2.05) is 6.07 Å². The van der Waals surface area contributed by atoms with Crippen molar-refractivity contribution in [2.24, 2.45) is 0 Å². The lowest BCUT2D eigenvalue weighted by molar-refractivity contribution is 0.578. The smallest absolute Gasteiger partial charge is 0.208 e. The Bertz CT molecular complexity index is 2410. The number of pyridine rings is 2. The molecule has 0 radical (unpaired) electrons. The minimum Gasteiger partial charge on any atom is -0.208 e. The van der Waals surface area contributed by atoms with Crippen molar-refractivity contribution < 1.29 is 13.2 Å². The summed E-state index contributed by atoms with van der Waals surface area (Å²) < 4.78 is 47.4. The molecule has 0 bridgehead atoms. The molecule has 1 aromatic carbocycles. The van der Waals surface area contributed by atoms with Crippen LogP contribution in [0.25, 0.3) is 33.4 Å². The predicted molar refractivity (Wildman–Crippen MR) is 145 cm³/mol. The Morgan fingerprint density at radius 1 is 0.511 bits per heavy atom. The van der Waals surface area contributed by atoms with Crippen molar-refractivity contribution in [2.45, 2.75) is 0 Å². The minimum atomic E-state index is -1.30. The summed E-state index contributed by atoms with van der Waals surface area (Å²) in [6.45, 7) is 0. The van der Waals surface area contributed by atoms with E-state index >= 15 is 13.2 Å². The highest BCUT2D eigenvalue weighted by molar-refractivity contribution is 6.30. The van der Waals surface area contributed by atoms with Gasteiger partial charge in [0.2, 0.25) is 11.9 Å². The highest BCUT2D eigenvalue weighted by Crippen LogP contribution is 2.56. The highest BCUT2D eigenvalue weighted by Gasteiger charge is 2.41. The molecule has 204 valence electrons. The molecule has 2 aromatic heterocycles. The van der Waals surface area contributed by atoms with E-state index in [4.69, 9.17) is 10.5 Å². The Morgan fingerprint density at radius 3 is 1.40 bits per heavy atom. The van der Waals surface area contributed by atoms with Crippen molar-refractivity contribution in [3.8, 4) is 48.6 Å². The summed E-state index contributed by atoms with van der Waals surface area (Å²) in [5.41, 5.74) is -7.40. The van der Waals surface area contributed by atoms with Crippen LogP contribution < -0.4 is 0 Å². The summed E-state index contributed by atoms with van der Waals surface area (Å²) in [6, 6.07) is 18.7. The molecule has 0 spiro atoms. The molecule has 0 saturated carbocycles. The van der Waals surface area contributed by atoms with Gasteiger partial charge in [-0.1, -0.05) is 0 Å². The number of allylic oxidation sites excluding steroid dienone is 8. The summed E-state index contributed by atoms with van der Waals surface area (Å²) in [5, 5.41) is 77.8. The quantitative estimate of drug-likeness (QED) is 0.284.